The van der Waals surface area contributed by atoms with Crippen LogP contribution < -0.4 is 9.44 Å². The Labute approximate surface area is 376 Å². The maximum absolute atomic E-state index is 12.1. The fourth-order valence-electron chi connectivity index (χ4n) is 8.88. The van der Waals surface area contributed by atoms with E-state index in [1.54, 1.807) is 25.1 Å². The van der Waals surface area contributed by atoms with Crippen molar-refractivity contribution in [2.45, 2.75) is 116 Å². The number of aromatic nitrogens is 2. The van der Waals surface area contributed by atoms with Crippen LogP contribution in [0.15, 0.2) is 84.0 Å². The van der Waals surface area contributed by atoms with Crippen molar-refractivity contribution in [3.8, 4) is 0 Å². The SMILES string of the molecule is CCC(CC)N1CCC(c2c[nH]c3ccc(NS(=O)(=O)CC)cc23)CC1.CCCS(=O)(=O)Nc1ccc2[nH]cc(C3CCN(CC(C)(C)C)CC3)c2c1.O=S(=O)(O)c1ccccc1. The van der Waals surface area contributed by atoms with Crippen LogP contribution in [-0.4, -0.2) is 99.8 Å². The van der Waals surface area contributed by atoms with Gasteiger partial charge in [0.1, 0.15) is 0 Å². The Bertz CT molecular complexity index is 2550. The van der Waals surface area contributed by atoms with Crippen LogP contribution >= 0.6 is 0 Å². The van der Waals surface area contributed by atoms with Crippen molar-refractivity contribution in [3.05, 3.63) is 90.3 Å². The van der Waals surface area contributed by atoms with Gasteiger partial charge in [-0.1, -0.05) is 59.7 Å². The number of aromatic amines is 2. The molecule has 0 saturated carbocycles. The average Bonchev–Trinajstić information content (AvgIpc) is 3.86. The maximum Gasteiger partial charge on any atom is 0.294 e. The highest BCUT2D eigenvalue weighted by Crippen LogP contribution is 2.37. The highest BCUT2D eigenvalue weighted by Gasteiger charge is 2.27. The molecule has 5 aromatic rings. The van der Waals surface area contributed by atoms with Crippen LogP contribution in [0.25, 0.3) is 21.8 Å². The zero-order valence-corrected chi connectivity index (χ0v) is 40.6. The van der Waals surface area contributed by atoms with E-state index in [1.807, 2.05) is 43.3 Å². The number of rotatable bonds is 14. The number of H-pyrrole nitrogens is 2. The minimum absolute atomic E-state index is 0.0741. The minimum Gasteiger partial charge on any atom is -0.361 e. The molecule has 0 atom stereocenters. The lowest BCUT2D eigenvalue weighted by atomic mass is 9.87. The lowest BCUT2D eigenvalue weighted by molar-refractivity contribution is 0.144. The third-order valence-corrected chi connectivity index (χ3v) is 15.7. The van der Waals surface area contributed by atoms with Crippen LogP contribution in [0.1, 0.15) is 116 Å². The van der Waals surface area contributed by atoms with Crippen LogP contribution in [0, 0.1) is 5.41 Å². The molecule has 2 saturated heterocycles. The molecule has 0 aliphatic carbocycles. The summed E-state index contributed by atoms with van der Waals surface area (Å²) >= 11 is 0. The summed E-state index contributed by atoms with van der Waals surface area (Å²) in [5.41, 5.74) is 6.41. The summed E-state index contributed by atoms with van der Waals surface area (Å²) in [6.45, 7) is 20.6. The molecule has 0 amide bonds. The summed E-state index contributed by atoms with van der Waals surface area (Å²) in [5, 5.41) is 2.28. The summed E-state index contributed by atoms with van der Waals surface area (Å²) in [5.74, 6) is 1.29. The highest BCUT2D eigenvalue weighted by molar-refractivity contribution is 7.92. The maximum atomic E-state index is 12.1. The second-order valence-corrected chi connectivity index (χ2v) is 23.4. The van der Waals surface area contributed by atoms with Crippen molar-refractivity contribution < 1.29 is 29.8 Å². The Kier molecular flexibility index (Phi) is 17.4. The molecule has 5 N–H and O–H groups in total. The number of piperidine rings is 2. The van der Waals surface area contributed by atoms with E-state index in [4.69, 9.17) is 4.55 Å². The van der Waals surface area contributed by atoms with Gasteiger partial charge in [-0.15, -0.1) is 0 Å². The van der Waals surface area contributed by atoms with Gasteiger partial charge in [-0.2, -0.15) is 8.42 Å². The largest absolute Gasteiger partial charge is 0.361 e. The second kappa shape index (κ2) is 21.8. The first-order chi connectivity index (χ1) is 29.7. The molecular formula is C47H70N6O7S3. The Balaban J connectivity index is 0.000000196. The number of likely N-dealkylation sites (tertiary alicyclic amines) is 2. The van der Waals surface area contributed by atoms with Crippen molar-refractivity contribution >= 4 is 63.3 Å². The molecule has 63 heavy (non-hydrogen) atoms. The summed E-state index contributed by atoms with van der Waals surface area (Å²) in [6.07, 6.45) is 11.9. The van der Waals surface area contributed by atoms with Gasteiger partial charge in [0.05, 0.1) is 16.4 Å². The number of hydrogen-bond acceptors (Lipinski definition) is 8. The fraction of sp³-hybridized carbons (Fsp3) is 0.532. The summed E-state index contributed by atoms with van der Waals surface area (Å²) in [6, 6.07) is 19.7. The van der Waals surface area contributed by atoms with Gasteiger partial charge in [-0.05, 0) is 155 Å². The van der Waals surface area contributed by atoms with E-state index in [0.29, 0.717) is 41.1 Å². The molecule has 348 valence electrons. The highest BCUT2D eigenvalue weighted by atomic mass is 32.2. The predicted molar refractivity (Wildman–Crippen MR) is 259 cm³/mol. The molecule has 2 aromatic heterocycles. The lowest BCUT2D eigenvalue weighted by Gasteiger charge is -2.37. The monoisotopic (exact) mass is 926 g/mol. The zero-order chi connectivity index (χ0) is 46.0. The number of anilines is 2. The topological polar surface area (TPSA) is 185 Å². The molecule has 0 unspecified atom stereocenters. The Morgan fingerprint density at radius 2 is 1.16 bits per heavy atom. The molecule has 3 aromatic carbocycles. The van der Waals surface area contributed by atoms with Gasteiger partial charge in [0.25, 0.3) is 10.1 Å². The normalized spacial score (nSPS) is 16.4. The predicted octanol–water partition coefficient (Wildman–Crippen LogP) is 9.78. The third-order valence-electron chi connectivity index (χ3n) is 12.0. The van der Waals surface area contributed by atoms with Crippen molar-refractivity contribution in [2.24, 2.45) is 5.41 Å². The number of fused-ring (bicyclic) bond motifs is 2. The first-order valence-corrected chi connectivity index (χ1v) is 27.2. The average molecular weight is 927 g/mol. The number of hydrogen-bond donors (Lipinski definition) is 5. The van der Waals surface area contributed by atoms with Crippen LogP contribution in [0.4, 0.5) is 11.4 Å². The van der Waals surface area contributed by atoms with E-state index in [1.165, 1.54) is 36.1 Å². The Hall–Kier alpha value is -3.93. The first kappa shape index (κ1) is 50.1. The van der Waals surface area contributed by atoms with Crippen molar-refractivity contribution in [3.63, 3.8) is 0 Å². The van der Waals surface area contributed by atoms with Crippen LogP contribution in [0.2, 0.25) is 0 Å². The number of sulfonamides is 2. The second-order valence-electron chi connectivity index (χ2n) is 18.1. The van der Waals surface area contributed by atoms with E-state index >= 15 is 0 Å². The van der Waals surface area contributed by atoms with Gasteiger partial charge >= 0.3 is 0 Å². The fourth-order valence-corrected chi connectivity index (χ4v) is 11.1. The smallest absolute Gasteiger partial charge is 0.294 e. The molecule has 13 nitrogen and oxygen atoms in total. The van der Waals surface area contributed by atoms with E-state index in [2.05, 4.69) is 76.2 Å². The Morgan fingerprint density at radius 1 is 0.683 bits per heavy atom. The molecule has 0 radical (unpaired) electrons. The lowest BCUT2D eigenvalue weighted by Crippen LogP contribution is -2.40. The van der Waals surface area contributed by atoms with E-state index in [9.17, 15) is 25.3 Å². The summed E-state index contributed by atoms with van der Waals surface area (Å²) < 4.78 is 82.5. The van der Waals surface area contributed by atoms with Crippen molar-refractivity contribution in [2.75, 3.05) is 53.7 Å². The molecule has 7 rings (SSSR count). The third kappa shape index (κ3) is 14.5. The first-order valence-electron chi connectivity index (χ1n) is 22.5. The van der Waals surface area contributed by atoms with Crippen molar-refractivity contribution in [1.82, 2.24) is 19.8 Å². The van der Waals surface area contributed by atoms with Gasteiger partial charge in [0.15, 0.2) is 0 Å². The molecule has 16 heteroatoms. The standard InChI is InChI=1S/C21H33N3O2S.C20H31N3O2S.C6H6O3S/c1-5-12-27(25,26)23-17-6-7-20-18(13-17)19(14-22-20)16-8-10-24(11-9-16)15-21(2,3)4;1-4-17(5-2)23-11-9-15(10-12-23)19-14-21-20-8-7-16(13-18(19)20)22-26(24,25)6-3;7-10(8,9)6-4-2-1-3-5-6/h6-7,13-14,16,22-23H,5,8-12,15H2,1-4H3;7-8,13-15,17,21-22H,4-6,9-12H2,1-3H3;1-5H,(H,7,8,9). The number of benzene rings is 3. The molecular weight excluding hydrogens is 857 g/mol. The van der Waals surface area contributed by atoms with E-state index in [-0.39, 0.29) is 16.4 Å². The molecule has 2 fully saturated rings. The molecule has 0 spiro atoms. The molecule has 0 bridgehead atoms. The van der Waals surface area contributed by atoms with Gasteiger partial charge in [-0.25, -0.2) is 16.8 Å². The van der Waals surface area contributed by atoms with Crippen molar-refractivity contribution in [1.29, 1.82) is 0 Å². The van der Waals surface area contributed by atoms with Crippen LogP contribution in [-0.2, 0) is 30.2 Å². The minimum atomic E-state index is -4.00. The zero-order valence-electron chi connectivity index (χ0n) is 38.2. The van der Waals surface area contributed by atoms with Gasteiger partial charge in [-0.3, -0.25) is 14.0 Å². The molecule has 2 aliphatic rings. The quantitative estimate of drug-likeness (QED) is 0.0677. The van der Waals surface area contributed by atoms with Crippen LogP contribution in [0.3, 0.4) is 0 Å². The molecule has 2 aliphatic heterocycles. The summed E-state index contributed by atoms with van der Waals surface area (Å²) in [7, 11) is -10.5. The van der Waals surface area contributed by atoms with E-state index < -0.39 is 30.2 Å². The van der Waals surface area contributed by atoms with Gasteiger partial charge < -0.3 is 19.8 Å². The van der Waals surface area contributed by atoms with Gasteiger partial charge in [0, 0.05) is 58.2 Å². The van der Waals surface area contributed by atoms with E-state index in [0.717, 1.165) is 80.2 Å². The van der Waals surface area contributed by atoms with Gasteiger partial charge in [0.2, 0.25) is 20.0 Å². The number of nitrogens with one attached hydrogen (secondary N) is 4. The van der Waals surface area contributed by atoms with Crippen LogP contribution in [0.5, 0.6) is 0 Å². The number of nitrogens with zero attached hydrogens (tertiary/aromatic N) is 2. The Morgan fingerprint density at radius 3 is 1.57 bits per heavy atom. The summed E-state index contributed by atoms with van der Waals surface area (Å²) in [4.78, 5) is 11.8. The molecule has 4 heterocycles.